The Hall–Kier alpha value is -0.180. The fraction of sp³-hybridized carbons (Fsp3) is 0.571. The summed E-state index contributed by atoms with van der Waals surface area (Å²) in [5.41, 5.74) is 2.44. The monoisotopic (exact) mass is 269 g/mol. The van der Waals surface area contributed by atoms with Gasteiger partial charge in [-0.1, -0.05) is 23.7 Å². The molecule has 0 saturated carbocycles. The standard InChI is InChI=1S/C14H20ClNS/c1-11-2-3-13(14(15)8-11)10-16-9-12-4-6-17-7-5-12/h2-3,8,12,16H,4-7,9-10H2,1H3. The van der Waals surface area contributed by atoms with E-state index in [0.29, 0.717) is 0 Å². The molecule has 0 amide bonds. The van der Waals surface area contributed by atoms with E-state index in [1.54, 1.807) is 0 Å². The first kappa shape index (κ1) is 13.3. The number of hydrogen-bond donors (Lipinski definition) is 1. The van der Waals surface area contributed by atoms with Crippen molar-refractivity contribution in [1.29, 1.82) is 0 Å². The molecular weight excluding hydrogens is 250 g/mol. The van der Waals surface area contributed by atoms with Crippen molar-refractivity contribution >= 4 is 23.4 Å². The summed E-state index contributed by atoms with van der Waals surface area (Å²) < 4.78 is 0. The molecule has 1 heterocycles. The molecule has 0 radical (unpaired) electrons. The van der Waals surface area contributed by atoms with Crippen LogP contribution in [0.1, 0.15) is 24.0 Å². The van der Waals surface area contributed by atoms with Crippen molar-refractivity contribution in [2.75, 3.05) is 18.1 Å². The fourth-order valence-electron chi connectivity index (χ4n) is 2.16. The number of aryl methyl sites for hydroxylation is 1. The first-order chi connectivity index (χ1) is 8.25. The molecule has 1 aromatic carbocycles. The maximum Gasteiger partial charge on any atom is 0.0453 e. The molecule has 0 spiro atoms. The number of rotatable bonds is 4. The molecule has 3 heteroatoms. The summed E-state index contributed by atoms with van der Waals surface area (Å²) in [5, 5.41) is 4.42. The van der Waals surface area contributed by atoms with Crippen molar-refractivity contribution in [2.45, 2.75) is 26.3 Å². The molecule has 0 unspecified atom stereocenters. The highest BCUT2D eigenvalue weighted by Gasteiger charge is 2.13. The highest BCUT2D eigenvalue weighted by molar-refractivity contribution is 7.99. The van der Waals surface area contributed by atoms with Crippen LogP contribution in [0.2, 0.25) is 5.02 Å². The lowest BCUT2D eigenvalue weighted by Crippen LogP contribution is -2.25. The Kier molecular flexibility index (Phi) is 5.20. The van der Waals surface area contributed by atoms with E-state index in [1.807, 2.05) is 6.07 Å². The molecule has 1 aliphatic rings. The fourth-order valence-corrected chi connectivity index (χ4v) is 3.66. The molecule has 1 nitrogen and oxygen atoms in total. The molecule has 1 saturated heterocycles. The number of halogens is 1. The van der Waals surface area contributed by atoms with Crippen molar-refractivity contribution in [1.82, 2.24) is 5.32 Å². The van der Waals surface area contributed by atoms with Gasteiger partial charge >= 0.3 is 0 Å². The van der Waals surface area contributed by atoms with E-state index in [1.165, 1.54) is 35.5 Å². The normalized spacial score (nSPS) is 17.3. The molecule has 1 fully saturated rings. The summed E-state index contributed by atoms with van der Waals surface area (Å²) in [5.74, 6) is 3.52. The van der Waals surface area contributed by atoms with Crippen LogP contribution in [-0.2, 0) is 6.54 Å². The SMILES string of the molecule is Cc1ccc(CNCC2CCSCC2)c(Cl)c1. The maximum atomic E-state index is 6.21. The van der Waals surface area contributed by atoms with Gasteiger partial charge in [0.15, 0.2) is 0 Å². The van der Waals surface area contributed by atoms with E-state index >= 15 is 0 Å². The Morgan fingerprint density at radius 2 is 2.12 bits per heavy atom. The zero-order valence-corrected chi connectivity index (χ0v) is 11.9. The Balaban J connectivity index is 1.77. The Morgan fingerprint density at radius 1 is 1.35 bits per heavy atom. The van der Waals surface area contributed by atoms with Gasteiger partial charge in [-0.2, -0.15) is 11.8 Å². The van der Waals surface area contributed by atoms with Crippen molar-refractivity contribution in [3.8, 4) is 0 Å². The highest BCUT2D eigenvalue weighted by atomic mass is 35.5. The van der Waals surface area contributed by atoms with Crippen LogP contribution in [0.4, 0.5) is 0 Å². The second-order valence-electron chi connectivity index (χ2n) is 4.78. The minimum atomic E-state index is 0.862. The Bertz CT molecular complexity index is 361. The van der Waals surface area contributed by atoms with E-state index in [2.05, 4.69) is 36.1 Å². The summed E-state index contributed by atoms with van der Waals surface area (Å²) in [4.78, 5) is 0. The molecule has 1 N–H and O–H groups in total. The molecule has 2 rings (SSSR count). The summed E-state index contributed by atoms with van der Waals surface area (Å²) >= 11 is 8.29. The summed E-state index contributed by atoms with van der Waals surface area (Å²) in [7, 11) is 0. The third-order valence-electron chi connectivity index (χ3n) is 3.30. The van der Waals surface area contributed by atoms with Gasteiger partial charge in [0.1, 0.15) is 0 Å². The van der Waals surface area contributed by atoms with Crippen LogP contribution in [0.3, 0.4) is 0 Å². The highest BCUT2D eigenvalue weighted by Crippen LogP contribution is 2.22. The van der Waals surface area contributed by atoms with Crippen LogP contribution >= 0.6 is 23.4 Å². The van der Waals surface area contributed by atoms with Gasteiger partial charge in [0.2, 0.25) is 0 Å². The lowest BCUT2D eigenvalue weighted by molar-refractivity contribution is 0.448. The second kappa shape index (κ2) is 6.67. The number of thioether (sulfide) groups is 1. The molecule has 0 aliphatic carbocycles. The summed E-state index contributed by atoms with van der Waals surface area (Å²) in [6.45, 7) is 4.09. The second-order valence-corrected chi connectivity index (χ2v) is 6.41. The summed E-state index contributed by atoms with van der Waals surface area (Å²) in [6.07, 6.45) is 2.72. The minimum Gasteiger partial charge on any atom is -0.312 e. The van der Waals surface area contributed by atoms with Gasteiger partial charge in [0.05, 0.1) is 0 Å². The number of nitrogens with one attached hydrogen (secondary N) is 1. The number of benzene rings is 1. The van der Waals surface area contributed by atoms with Crippen molar-refractivity contribution in [3.05, 3.63) is 34.3 Å². The van der Waals surface area contributed by atoms with Gasteiger partial charge < -0.3 is 5.32 Å². The van der Waals surface area contributed by atoms with E-state index in [0.717, 1.165) is 24.0 Å². The van der Waals surface area contributed by atoms with E-state index in [-0.39, 0.29) is 0 Å². The van der Waals surface area contributed by atoms with Gasteiger partial charge in [0.25, 0.3) is 0 Å². The first-order valence-electron chi connectivity index (χ1n) is 6.29. The smallest absolute Gasteiger partial charge is 0.0453 e. The van der Waals surface area contributed by atoms with E-state index in [9.17, 15) is 0 Å². The van der Waals surface area contributed by atoms with Crippen molar-refractivity contribution in [2.24, 2.45) is 5.92 Å². The van der Waals surface area contributed by atoms with Gasteiger partial charge in [-0.05, 0) is 60.9 Å². The van der Waals surface area contributed by atoms with E-state index in [4.69, 9.17) is 11.6 Å². The van der Waals surface area contributed by atoms with Gasteiger partial charge in [-0.15, -0.1) is 0 Å². The molecule has 0 atom stereocenters. The largest absolute Gasteiger partial charge is 0.312 e. The van der Waals surface area contributed by atoms with Gasteiger partial charge in [-0.25, -0.2) is 0 Å². The van der Waals surface area contributed by atoms with Crippen LogP contribution in [0.5, 0.6) is 0 Å². The first-order valence-corrected chi connectivity index (χ1v) is 7.82. The average Bonchev–Trinajstić information content (AvgIpc) is 2.33. The molecule has 0 aromatic heterocycles. The molecule has 1 aliphatic heterocycles. The number of hydrogen-bond acceptors (Lipinski definition) is 2. The molecule has 17 heavy (non-hydrogen) atoms. The Morgan fingerprint density at radius 3 is 2.82 bits per heavy atom. The lowest BCUT2D eigenvalue weighted by atomic mass is 10.0. The lowest BCUT2D eigenvalue weighted by Gasteiger charge is -2.21. The third kappa shape index (κ3) is 4.20. The molecule has 0 bridgehead atoms. The summed E-state index contributed by atoms with van der Waals surface area (Å²) in [6, 6.07) is 6.29. The quantitative estimate of drug-likeness (QED) is 0.890. The van der Waals surface area contributed by atoms with E-state index < -0.39 is 0 Å². The zero-order chi connectivity index (χ0) is 12.1. The van der Waals surface area contributed by atoms with Crippen molar-refractivity contribution < 1.29 is 0 Å². The minimum absolute atomic E-state index is 0.862. The maximum absolute atomic E-state index is 6.21. The topological polar surface area (TPSA) is 12.0 Å². The Labute approximate surface area is 113 Å². The van der Waals surface area contributed by atoms with Gasteiger partial charge in [0, 0.05) is 11.6 Å². The predicted octanol–water partition coefficient (Wildman–Crippen LogP) is 3.88. The third-order valence-corrected chi connectivity index (χ3v) is 4.70. The molecule has 94 valence electrons. The van der Waals surface area contributed by atoms with Crippen LogP contribution < -0.4 is 5.32 Å². The van der Waals surface area contributed by atoms with Gasteiger partial charge in [-0.3, -0.25) is 0 Å². The van der Waals surface area contributed by atoms with Crippen LogP contribution in [0.25, 0.3) is 0 Å². The van der Waals surface area contributed by atoms with Crippen LogP contribution in [-0.4, -0.2) is 18.1 Å². The van der Waals surface area contributed by atoms with Crippen molar-refractivity contribution in [3.63, 3.8) is 0 Å². The average molecular weight is 270 g/mol. The molecule has 1 aromatic rings. The molecular formula is C14H20ClNS. The van der Waals surface area contributed by atoms with Crippen LogP contribution in [0, 0.1) is 12.8 Å². The zero-order valence-electron chi connectivity index (χ0n) is 10.3. The predicted molar refractivity (Wildman–Crippen MR) is 77.9 cm³/mol. The van der Waals surface area contributed by atoms with Crippen LogP contribution in [0.15, 0.2) is 18.2 Å².